The molecular weight excluding hydrogens is 1660 g/mol. The molecule has 0 aliphatic heterocycles. The van der Waals surface area contributed by atoms with Gasteiger partial charge in [0.2, 0.25) is 5.82 Å². The van der Waals surface area contributed by atoms with Crippen molar-refractivity contribution in [3.05, 3.63) is 221 Å². The van der Waals surface area contributed by atoms with Crippen LogP contribution >= 0.6 is 0 Å². The summed E-state index contributed by atoms with van der Waals surface area (Å²) in [4.78, 5) is 0. The van der Waals surface area contributed by atoms with Gasteiger partial charge in [-0.05, 0) is 46.4 Å². The minimum absolute atomic E-state index is 0.0988. The average Bonchev–Trinajstić information content (AvgIpc) is 0.660. The fourth-order valence-electron chi connectivity index (χ4n) is 12.4. The Kier molecular flexibility index (Phi) is 24.1. The molecule has 0 saturated carbocycles. The summed E-state index contributed by atoms with van der Waals surface area (Å²) in [6.45, 7) is 4.13. The van der Waals surface area contributed by atoms with Gasteiger partial charge >= 0.3 is 18.4 Å². The first-order valence-electron chi connectivity index (χ1n) is 29.6. The summed E-state index contributed by atoms with van der Waals surface area (Å²) in [5, 5.41) is -26.6. The van der Waals surface area contributed by atoms with Crippen LogP contribution in [0.25, 0.3) is 54.2 Å². The van der Waals surface area contributed by atoms with Crippen LogP contribution < -0.4 is 23.0 Å². The van der Waals surface area contributed by atoms with E-state index in [0.717, 1.165) is 25.7 Å². The van der Waals surface area contributed by atoms with Crippen LogP contribution in [0.3, 0.4) is 0 Å². The normalized spacial score (nSPS) is 12.7. The number of unbranched alkanes of at least 4 members (excludes halogenated alkanes) is 1. The van der Waals surface area contributed by atoms with E-state index in [9.17, 15) is 87.8 Å². The predicted molar refractivity (Wildman–Crippen MR) is 296 cm³/mol. The van der Waals surface area contributed by atoms with Crippen LogP contribution in [-0.2, 0) is 6.18 Å². The monoisotopic (exact) mass is 1680 g/mol. The highest BCUT2D eigenvalue weighted by molar-refractivity contribution is 7.23. The van der Waals surface area contributed by atoms with Gasteiger partial charge in [-0.2, -0.15) is 44.0 Å². The summed E-state index contributed by atoms with van der Waals surface area (Å²) < 4.78 is 639. The first kappa shape index (κ1) is 87.2. The summed E-state index contributed by atoms with van der Waals surface area (Å²) in [6, 6.07) is -4.66. The quantitative estimate of drug-likeness (QED) is 0.0390. The summed E-state index contributed by atoms with van der Waals surface area (Å²) >= 11 is -10.2. The third kappa shape index (κ3) is 13.4. The van der Waals surface area contributed by atoms with Crippen LogP contribution in [0.1, 0.15) is 57.1 Å². The molecule has 1 nitrogen and oxygen atoms in total. The van der Waals surface area contributed by atoms with Gasteiger partial charge in [0.1, 0.15) is 28.8 Å². The van der Waals surface area contributed by atoms with E-state index in [2.05, 4.69) is 0 Å². The molecule has 0 heterocycles. The summed E-state index contributed by atoms with van der Waals surface area (Å²) in [7, 11) is 0. The van der Waals surface area contributed by atoms with E-state index >= 15 is 105 Å². The Bertz CT molecular complexity index is 5040. The van der Waals surface area contributed by atoms with Crippen molar-refractivity contribution in [3.63, 3.8) is 0 Å². The van der Waals surface area contributed by atoms with Crippen LogP contribution in [0, 0.1) is 222 Å². The number of nitrogens with two attached hydrogens (primary N) is 1. The SMILES string of the molecule is CCCCC(CC)CC[NH2+]C(F)(F)C(F)(F)F.Cc1c(F)c(F)c(F)c(C(F)(F)F)c1-c1c(F)c(F)c(F)c(F)c1F.Fc1c(F)c(F)c2[c]([Al-]([c]3c(F)c(F)c(F)c4c(F)c(F)c(F)c(F)c34)([c]3c(F)c(F)c(F)c4c(F)c(F)c(F)c(F)c34)[c]3c(F)c(F)c(F)c4c(F)c(F)c(F)c(F)c34)c(F)c(F)c(F)c2c1F. The van der Waals surface area contributed by atoms with Crippen LogP contribution in [0.5, 0.6) is 0 Å². The molecule has 1 unspecified atom stereocenters. The standard InChI is InChI=1S/C14H3F11.C11H20F5N.4C10F7.Al/c1-2-3(4-7(16)11(20)13(22)12(21)8(4)17)5(14(23,24)25)9(18)10(19)6(2)15;1-3-5-6-9(4-2)7-8-17-11(15,16)10(12,13)14;4*11-3-1-2-4(7(14)6(3)13)8(15)10(17)9(16)5(2)12;/h1H3;9,17H,3-8H2,1-2H3;;;;;/q;;;;;;-1/p+1. The van der Waals surface area contributed by atoms with Gasteiger partial charge in [0.05, 0.1) is 33.7 Å². The lowest BCUT2D eigenvalue weighted by molar-refractivity contribution is -0.811. The van der Waals surface area contributed by atoms with E-state index in [1.807, 2.05) is 13.8 Å². The lowest BCUT2D eigenvalue weighted by atomic mass is 9.92. The van der Waals surface area contributed by atoms with E-state index in [0.29, 0.717) is 13.3 Å². The van der Waals surface area contributed by atoms with Crippen molar-refractivity contribution in [2.45, 2.75) is 71.3 Å². The van der Waals surface area contributed by atoms with Crippen molar-refractivity contribution in [2.75, 3.05) is 6.54 Å². The summed E-state index contributed by atoms with van der Waals surface area (Å²) in [6.07, 6.45) is -7.16. The minimum Gasteiger partial charge on any atom is -0.277 e. The van der Waals surface area contributed by atoms with Gasteiger partial charge in [0.25, 0.3) is 13.1 Å². The Hall–Kier alpha value is -9.35. The molecule has 0 bridgehead atoms. The van der Waals surface area contributed by atoms with Crippen molar-refractivity contribution >= 4 is 73.9 Å². The molecule has 0 spiro atoms. The van der Waals surface area contributed by atoms with Gasteiger partial charge in [-0.1, -0.05) is 39.5 Å². The predicted octanol–water partition coefficient (Wildman–Crippen LogP) is 20.7. The van der Waals surface area contributed by atoms with Gasteiger partial charge in [0, 0.05) is 5.56 Å². The molecule has 0 aromatic heterocycles. The minimum atomic E-state index is -10.2. The lowest BCUT2D eigenvalue weighted by Gasteiger charge is -2.44. The number of alkyl halides is 8. The second-order valence-electron chi connectivity index (χ2n) is 23.4. The Morgan fingerprint density at radius 3 is 0.721 bits per heavy atom. The van der Waals surface area contributed by atoms with Crippen molar-refractivity contribution in [1.82, 2.24) is 0 Å². The number of hydrogen-bond donors (Lipinski definition) is 1. The van der Waals surface area contributed by atoms with Crippen LogP contribution in [0.15, 0.2) is 0 Å². The number of benzene rings is 10. The number of rotatable bonds is 13. The Morgan fingerprint density at radius 2 is 0.486 bits per heavy atom. The molecule has 10 aromatic carbocycles. The second kappa shape index (κ2) is 30.6. The summed E-state index contributed by atoms with van der Waals surface area (Å²) in [5.41, 5.74) is -8.45. The highest BCUT2D eigenvalue weighted by Crippen LogP contribution is 2.47. The molecule has 0 saturated heterocycles. The van der Waals surface area contributed by atoms with E-state index < -0.39 is 324 Å². The molecule has 10 aromatic rings. The maximum atomic E-state index is 17.3. The van der Waals surface area contributed by atoms with E-state index in [4.69, 9.17) is 0 Å². The second-order valence-corrected chi connectivity index (χ2v) is 27.4. The van der Waals surface area contributed by atoms with Gasteiger partial charge in [-0.3, -0.25) is 5.32 Å². The molecule has 0 amide bonds. The topological polar surface area (TPSA) is 16.6 Å². The van der Waals surface area contributed by atoms with Crippen molar-refractivity contribution in [1.29, 1.82) is 0 Å². The first-order chi connectivity index (χ1) is 51.0. The molecule has 0 aliphatic carbocycles. The highest BCUT2D eigenvalue weighted by atomic mass is 27.2. The molecule has 111 heavy (non-hydrogen) atoms. The third-order valence-corrected chi connectivity index (χ3v) is 23.1. The molecule has 600 valence electrons. The lowest BCUT2D eigenvalue weighted by Crippen LogP contribution is -2.97. The number of halogens is 44. The Morgan fingerprint density at radius 1 is 0.261 bits per heavy atom. The Labute approximate surface area is 586 Å². The molecule has 2 N–H and O–H groups in total. The van der Waals surface area contributed by atoms with Gasteiger partial charge in [-0.25, -0.2) is 158 Å². The zero-order chi connectivity index (χ0) is 84.5. The molecule has 0 radical (unpaired) electrons. The first-order valence-corrected chi connectivity index (χ1v) is 31.9. The highest BCUT2D eigenvalue weighted by Gasteiger charge is 2.62. The van der Waals surface area contributed by atoms with E-state index in [-0.39, 0.29) is 17.8 Å². The van der Waals surface area contributed by atoms with Crippen molar-refractivity contribution < 1.29 is 198 Å². The third-order valence-electron chi connectivity index (χ3n) is 17.4. The smallest absolute Gasteiger partial charge is 0.277 e. The maximum Gasteiger partial charge on any atom is 0.514 e. The maximum absolute atomic E-state index is 17.3. The van der Waals surface area contributed by atoms with Crippen LogP contribution in [0.4, 0.5) is 193 Å². The van der Waals surface area contributed by atoms with E-state index in [1.165, 1.54) is 0 Å². The number of hydrogen-bond acceptors (Lipinski definition) is 0. The van der Waals surface area contributed by atoms with Crippen LogP contribution in [-0.4, -0.2) is 31.8 Å². The molecule has 46 heteroatoms. The molecule has 0 fully saturated rings. The fraction of sp³-hybridized carbons (Fsp3) is 0.200. The van der Waals surface area contributed by atoms with Crippen molar-refractivity contribution in [2.24, 2.45) is 5.92 Å². The van der Waals surface area contributed by atoms with Crippen LogP contribution in [0.2, 0.25) is 0 Å². The zero-order valence-electron chi connectivity index (χ0n) is 53.1. The fourth-order valence-corrected chi connectivity index (χ4v) is 19.0. The largest absolute Gasteiger partial charge is 0.514 e. The summed E-state index contributed by atoms with van der Waals surface area (Å²) in [5.74, 6) is -125. The number of fused-ring (bicyclic) bond motifs is 4. The Balaban J connectivity index is 0.000000299. The van der Waals surface area contributed by atoms with Crippen molar-refractivity contribution in [3.8, 4) is 11.1 Å². The average molecular weight is 1680 g/mol. The molecule has 10 rings (SSSR count). The van der Waals surface area contributed by atoms with Gasteiger partial charge in [0.15, 0.2) is 180 Å². The number of quaternary nitrogens is 1. The molecule has 0 aliphatic rings. The molecule has 1 atom stereocenters. The zero-order valence-corrected chi connectivity index (χ0v) is 54.3. The molecular formula is C65H24AlF44N. The van der Waals surface area contributed by atoms with Gasteiger partial charge in [-0.15, -0.1) is 8.78 Å². The van der Waals surface area contributed by atoms with Gasteiger partial charge < -0.3 is 0 Å². The van der Waals surface area contributed by atoms with E-state index in [1.54, 1.807) is 0 Å².